The van der Waals surface area contributed by atoms with Gasteiger partial charge in [-0.25, -0.2) is 9.78 Å². The lowest BCUT2D eigenvalue weighted by Crippen LogP contribution is -2.52. The zero-order valence-electron chi connectivity index (χ0n) is 21.8. The van der Waals surface area contributed by atoms with Crippen LogP contribution in [0.1, 0.15) is 40.4 Å². The zero-order chi connectivity index (χ0) is 27.4. The van der Waals surface area contributed by atoms with Gasteiger partial charge in [-0.05, 0) is 62.4 Å². The van der Waals surface area contributed by atoms with Gasteiger partial charge in [-0.15, -0.1) is 0 Å². The summed E-state index contributed by atoms with van der Waals surface area (Å²) in [7, 11) is 3.02. The van der Waals surface area contributed by atoms with Crippen LogP contribution in [-0.4, -0.2) is 83.6 Å². The molecule has 0 aliphatic carbocycles. The summed E-state index contributed by atoms with van der Waals surface area (Å²) in [6.45, 7) is 6.00. The molecule has 0 saturated carbocycles. The van der Waals surface area contributed by atoms with Crippen LogP contribution in [0.3, 0.4) is 0 Å². The van der Waals surface area contributed by atoms with Gasteiger partial charge >= 0.3 is 5.97 Å². The molecule has 0 spiro atoms. The maximum absolute atomic E-state index is 12.8. The van der Waals surface area contributed by atoms with Crippen LogP contribution in [0.4, 0.5) is 0 Å². The number of H-pyrrole nitrogens is 1. The van der Waals surface area contributed by atoms with Gasteiger partial charge in [0.2, 0.25) is 5.78 Å². The number of amides is 1. The molecule has 0 radical (unpaired) electrons. The summed E-state index contributed by atoms with van der Waals surface area (Å²) in [4.78, 5) is 53.3. The summed E-state index contributed by atoms with van der Waals surface area (Å²) in [6, 6.07) is 11.4. The molecule has 1 aliphatic heterocycles. The quantitative estimate of drug-likeness (QED) is 0.169. The van der Waals surface area contributed by atoms with E-state index in [1.165, 1.54) is 31.4 Å². The third-order valence-corrected chi connectivity index (χ3v) is 6.82. The first kappa shape index (κ1) is 27.1. The van der Waals surface area contributed by atoms with E-state index in [2.05, 4.69) is 33.5 Å². The van der Waals surface area contributed by atoms with Crippen molar-refractivity contribution < 1.29 is 19.1 Å². The first-order chi connectivity index (χ1) is 18.1. The smallest absolute Gasteiger partial charge is 0.337 e. The van der Waals surface area contributed by atoms with Crippen LogP contribution in [0.25, 0.3) is 11.0 Å². The van der Waals surface area contributed by atoms with Gasteiger partial charge in [0.1, 0.15) is 11.7 Å². The highest BCUT2D eigenvalue weighted by molar-refractivity contribution is 6.42. The maximum atomic E-state index is 12.8. The Hall–Kier alpha value is -3.98. The number of piperazine rings is 1. The van der Waals surface area contributed by atoms with Gasteiger partial charge in [0.25, 0.3) is 5.91 Å². The summed E-state index contributed by atoms with van der Waals surface area (Å²) in [6.07, 6.45) is 4.01. The minimum absolute atomic E-state index is 0.235. The van der Waals surface area contributed by atoms with Crippen LogP contribution in [0, 0.1) is 0 Å². The van der Waals surface area contributed by atoms with E-state index in [9.17, 15) is 14.4 Å². The third-order valence-electron chi connectivity index (χ3n) is 6.59. The Morgan fingerprint density at radius 1 is 1.03 bits per heavy atom. The number of carbonyl (C=O) groups is 3. The van der Waals surface area contributed by atoms with Crippen LogP contribution in [0.15, 0.2) is 59.6 Å². The number of methoxy groups -OCH3 is 1. The van der Waals surface area contributed by atoms with E-state index in [1.54, 1.807) is 11.9 Å². The van der Waals surface area contributed by atoms with Crippen LogP contribution in [-0.2, 0) is 14.9 Å². The molecule has 2 heterocycles. The fourth-order valence-corrected chi connectivity index (χ4v) is 4.42. The molecule has 0 unspecified atom stereocenters. The Morgan fingerprint density at radius 3 is 2.29 bits per heavy atom. The minimum Gasteiger partial charge on any atom is -0.465 e. The van der Waals surface area contributed by atoms with E-state index in [-0.39, 0.29) is 5.56 Å². The Labute approximate surface area is 226 Å². The molecular formula is C28H30ClN5O4. The van der Waals surface area contributed by atoms with Gasteiger partial charge in [-0.2, -0.15) is 0 Å². The number of amidine groups is 1. The average Bonchev–Trinajstić information content (AvgIpc) is 3.37. The molecule has 0 bridgehead atoms. The maximum Gasteiger partial charge on any atom is 0.337 e. The zero-order valence-corrected chi connectivity index (χ0v) is 22.6. The molecule has 1 aliphatic rings. The number of fused-ring (bicyclic) bond motifs is 1. The van der Waals surface area contributed by atoms with Crippen LogP contribution in [0.5, 0.6) is 0 Å². The van der Waals surface area contributed by atoms with Crippen LogP contribution in [0.2, 0.25) is 5.02 Å². The summed E-state index contributed by atoms with van der Waals surface area (Å²) in [5.74, 6) is -0.0658. The monoisotopic (exact) mass is 535 g/mol. The summed E-state index contributed by atoms with van der Waals surface area (Å²) >= 11 is 6.11. The number of nitrogens with zero attached hydrogens (tertiary/aromatic N) is 4. The molecule has 2 aromatic carbocycles. The lowest BCUT2D eigenvalue weighted by atomic mass is 9.92. The van der Waals surface area contributed by atoms with Crippen molar-refractivity contribution in [1.82, 2.24) is 19.8 Å². The number of carbonyl (C=O) groups excluding carboxylic acids is 3. The number of aromatic amines is 1. The average molecular weight is 536 g/mol. The number of esters is 1. The van der Waals surface area contributed by atoms with Crippen molar-refractivity contribution in [2.45, 2.75) is 19.3 Å². The largest absolute Gasteiger partial charge is 0.465 e. The topological polar surface area (TPSA) is 108 Å². The number of hydrogen-bond acceptors (Lipinski definition) is 6. The Morgan fingerprint density at radius 2 is 1.66 bits per heavy atom. The number of aliphatic imine (C=N–C) groups is 1. The van der Waals surface area contributed by atoms with Gasteiger partial charge in [0.15, 0.2) is 0 Å². The predicted octanol–water partition coefficient (Wildman–Crippen LogP) is 3.89. The van der Waals surface area contributed by atoms with Crippen molar-refractivity contribution in [1.29, 1.82) is 0 Å². The Kier molecular flexibility index (Phi) is 7.97. The predicted molar refractivity (Wildman–Crippen MR) is 147 cm³/mol. The molecule has 3 aromatic rings. The van der Waals surface area contributed by atoms with Gasteiger partial charge < -0.3 is 19.5 Å². The summed E-state index contributed by atoms with van der Waals surface area (Å²) < 4.78 is 4.67. The van der Waals surface area contributed by atoms with Crippen molar-refractivity contribution in [3.63, 3.8) is 0 Å². The van der Waals surface area contributed by atoms with Crippen molar-refractivity contribution in [3.05, 3.63) is 76.6 Å². The fourth-order valence-electron chi connectivity index (χ4n) is 4.25. The number of ketones is 1. The number of hydrogen-bond donors (Lipinski definition) is 1. The SMILES string of the molecule is CN=C(C=CC(C)(C)c1nc2ccc(Cl)cc2[nH]1)N1CCN(C(=O)C(=O)c2ccc(C(=O)OC)cc2)CC1. The lowest BCUT2D eigenvalue weighted by Gasteiger charge is -2.35. The number of benzene rings is 2. The second-order valence-corrected chi connectivity index (χ2v) is 10.00. The molecule has 1 saturated heterocycles. The normalized spacial score (nSPS) is 14.8. The first-order valence-corrected chi connectivity index (χ1v) is 12.6. The van der Waals surface area contributed by atoms with Crippen molar-refractivity contribution >= 4 is 46.1 Å². The minimum atomic E-state index is -0.604. The second kappa shape index (κ2) is 11.2. The third kappa shape index (κ3) is 5.78. The number of imidazole rings is 1. The molecular weight excluding hydrogens is 506 g/mol. The van der Waals surface area contributed by atoms with Crippen LogP contribution < -0.4 is 0 Å². The van der Waals surface area contributed by atoms with Gasteiger partial charge in [0, 0.05) is 49.2 Å². The van der Waals surface area contributed by atoms with Gasteiger partial charge in [-0.3, -0.25) is 14.6 Å². The molecule has 38 heavy (non-hydrogen) atoms. The molecule has 0 atom stereocenters. The number of ether oxygens (including phenoxy) is 1. The Balaban J connectivity index is 1.37. The number of nitrogens with one attached hydrogen (secondary N) is 1. The summed E-state index contributed by atoms with van der Waals surface area (Å²) in [5.41, 5.74) is 1.89. The standard InChI is InChI=1S/C28H30ClN5O4/c1-28(2,27-31-21-10-9-20(29)17-22(21)32-27)12-11-23(30-3)33-13-15-34(16-14-33)25(36)24(35)18-5-7-19(8-6-18)26(37)38-4/h5-12,17H,13-16H2,1-4H3,(H,31,32). The number of Topliss-reactive ketones (excluding diaryl/α,β-unsaturated/α-hetero) is 1. The highest BCUT2D eigenvalue weighted by Gasteiger charge is 2.28. The molecule has 198 valence electrons. The van der Waals surface area contributed by atoms with E-state index >= 15 is 0 Å². The van der Waals surface area contributed by atoms with E-state index in [4.69, 9.17) is 16.6 Å². The molecule has 1 amide bonds. The molecule has 4 rings (SSSR count). The van der Waals surface area contributed by atoms with Gasteiger partial charge in [-0.1, -0.05) is 17.7 Å². The number of allylic oxidation sites excluding steroid dienone is 1. The fraction of sp³-hybridized carbons (Fsp3) is 0.321. The highest BCUT2D eigenvalue weighted by atomic mass is 35.5. The van der Waals surface area contributed by atoms with Crippen molar-refractivity contribution in [3.8, 4) is 0 Å². The first-order valence-electron chi connectivity index (χ1n) is 12.2. The van der Waals surface area contributed by atoms with Crippen molar-refractivity contribution in [2.24, 2.45) is 4.99 Å². The molecule has 1 N–H and O–H groups in total. The lowest BCUT2D eigenvalue weighted by molar-refractivity contribution is -0.127. The highest BCUT2D eigenvalue weighted by Crippen LogP contribution is 2.26. The van der Waals surface area contributed by atoms with E-state index in [0.29, 0.717) is 36.8 Å². The Bertz CT molecular complexity index is 1420. The number of halogens is 1. The van der Waals surface area contributed by atoms with Crippen molar-refractivity contribution in [2.75, 3.05) is 40.3 Å². The number of aromatic nitrogens is 2. The molecule has 1 aromatic heterocycles. The van der Waals surface area contributed by atoms with E-state index in [0.717, 1.165) is 22.7 Å². The van der Waals surface area contributed by atoms with E-state index < -0.39 is 23.1 Å². The second-order valence-electron chi connectivity index (χ2n) is 9.56. The molecule has 10 heteroatoms. The van der Waals surface area contributed by atoms with E-state index in [1.807, 2.05) is 30.4 Å². The van der Waals surface area contributed by atoms with Gasteiger partial charge in [0.05, 0.1) is 23.7 Å². The number of rotatable bonds is 6. The van der Waals surface area contributed by atoms with Crippen LogP contribution >= 0.6 is 11.6 Å². The molecule has 1 fully saturated rings. The summed E-state index contributed by atoms with van der Waals surface area (Å²) in [5, 5.41) is 0.650. The molecule has 9 nitrogen and oxygen atoms in total.